The predicted octanol–water partition coefficient (Wildman–Crippen LogP) is 2.32. The van der Waals surface area contributed by atoms with E-state index in [1.165, 1.54) is 12.1 Å². The first kappa shape index (κ1) is 17.6. The zero-order valence-electron chi connectivity index (χ0n) is 13.0. The summed E-state index contributed by atoms with van der Waals surface area (Å²) in [6, 6.07) is 6.10. The largest absolute Gasteiger partial charge is 0.433 e. The number of halogens is 2. The number of nitrogens with one attached hydrogen (secondary N) is 1. The number of carbonyl (C=O) groups excluding carboxylic acids is 1. The van der Waals surface area contributed by atoms with E-state index in [1.54, 1.807) is 19.1 Å². The van der Waals surface area contributed by atoms with Gasteiger partial charge in [-0.3, -0.25) is 9.69 Å². The second-order valence-electron chi connectivity index (χ2n) is 5.80. The summed E-state index contributed by atoms with van der Waals surface area (Å²) in [7, 11) is 0. The highest BCUT2D eigenvalue weighted by molar-refractivity contribution is 5.93. The minimum Gasteiger partial charge on any atom is -0.433 e. The number of nitrogens with zero attached hydrogens (tertiary/aromatic N) is 1. The van der Waals surface area contributed by atoms with Crippen LogP contribution in [0.5, 0.6) is 5.75 Å². The van der Waals surface area contributed by atoms with Gasteiger partial charge in [0.2, 0.25) is 5.91 Å². The average molecular weight is 328 g/mol. The predicted molar refractivity (Wildman–Crippen MR) is 82.5 cm³/mol. The van der Waals surface area contributed by atoms with E-state index in [0.717, 1.165) is 19.4 Å². The summed E-state index contributed by atoms with van der Waals surface area (Å²) in [5, 5.41) is 12.3. The van der Waals surface area contributed by atoms with Gasteiger partial charge in [-0.15, -0.1) is 0 Å². The molecule has 1 aromatic rings. The maximum atomic E-state index is 12.4. The number of hydrogen-bond acceptors (Lipinski definition) is 4. The molecule has 2 N–H and O–H groups in total. The minimum absolute atomic E-state index is 0.0589. The molecule has 0 bridgehead atoms. The van der Waals surface area contributed by atoms with Crippen molar-refractivity contribution in [3.63, 3.8) is 0 Å². The molecule has 1 fully saturated rings. The molecule has 1 amide bonds. The Kier molecular flexibility index (Phi) is 6.29. The lowest BCUT2D eigenvalue weighted by Crippen LogP contribution is -2.43. The Morgan fingerprint density at radius 1 is 1.48 bits per heavy atom. The lowest BCUT2D eigenvalue weighted by atomic mass is 9.93. The molecule has 0 aromatic heterocycles. The molecule has 0 radical (unpaired) electrons. The summed E-state index contributed by atoms with van der Waals surface area (Å²) in [6.07, 6.45) is 1.47. The molecule has 2 rings (SSSR count). The Morgan fingerprint density at radius 3 is 2.91 bits per heavy atom. The summed E-state index contributed by atoms with van der Waals surface area (Å²) >= 11 is 0. The number of alkyl halides is 2. The number of anilines is 1. The number of benzene rings is 1. The summed E-state index contributed by atoms with van der Waals surface area (Å²) in [4.78, 5) is 14.1. The van der Waals surface area contributed by atoms with Crippen molar-refractivity contribution in [2.75, 3.05) is 25.0 Å². The van der Waals surface area contributed by atoms with E-state index >= 15 is 0 Å². The number of aliphatic hydroxyl groups excluding tert-OH is 1. The fourth-order valence-corrected chi connectivity index (χ4v) is 2.79. The van der Waals surface area contributed by atoms with E-state index in [-0.39, 0.29) is 29.8 Å². The van der Waals surface area contributed by atoms with Gasteiger partial charge >= 0.3 is 6.61 Å². The van der Waals surface area contributed by atoms with Crippen LogP contribution in [0, 0.1) is 5.92 Å². The molecule has 1 saturated heterocycles. The first-order chi connectivity index (χ1) is 11.0. The third kappa shape index (κ3) is 5.44. The topological polar surface area (TPSA) is 61.8 Å². The van der Waals surface area contributed by atoms with Gasteiger partial charge in [0.15, 0.2) is 0 Å². The number of para-hydroxylation sites is 2. The van der Waals surface area contributed by atoms with Gasteiger partial charge in [-0.05, 0) is 44.4 Å². The van der Waals surface area contributed by atoms with Crippen molar-refractivity contribution in [2.45, 2.75) is 32.5 Å². The molecule has 1 aliphatic heterocycles. The molecular weight excluding hydrogens is 306 g/mol. The van der Waals surface area contributed by atoms with Crippen LogP contribution in [0.4, 0.5) is 14.5 Å². The highest BCUT2D eigenvalue weighted by Gasteiger charge is 2.24. The van der Waals surface area contributed by atoms with Gasteiger partial charge in [0.1, 0.15) is 5.75 Å². The van der Waals surface area contributed by atoms with Gasteiger partial charge in [0, 0.05) is 6.54 Å². The van der Waals surface area contributed by atoms with Crippen molar-refractivity contribution in [1.29, 1.82) is 0 Å². The van der Waals surface area contributed by atoms with Crippen molar-refractivity contribution in [1.82, 2.24) is 4.90 Å². The van der Waals surface area contributed by atoms with E-state index in [0.29, 0.717) is 6.54 Å². The van der Waals surface area contributed by atoms with Gasteiger partial charge in [-0.25, -0.2) is 0 Å². The van der Waals surface area contributed by atoms with E-state index < -0.39 is 12.7 Å². The molecule has 1 aliphatic rings. The quantitative estimate of drug-likeness (QED) is 0.841. The first-order valence-electron chi connectivity index (χ1n) is 7.70. The normalized spacial score (nSPS) is 20.3. The number of ether oxygens (including phenoxy) is 1. The standard InChI is InChI=1S/C16H22F2N2O3/c1-11(21)12-5-4-8-20(9-12)10-15(22)19-13-6-2-3-7-14(13)23-16(17)18/h2-3,6-7,11-12,16,21H,4-5,8-10H2,1H3,(H,19,22). The fraction of sp³-hybridized carbons (Fsp3) is 0.562. The Hall–Kier alpha value is -1.73. The van der Waals surface area contributed by atoms with Crippen LogP contribution in [0.3, 0.4) is 0 Å². The van der Waals surface area contributed by atoms with Gasteiger partial charge < -0.3 is 15.2 Å². The lowest BCUT2D eigenvalue weighted by molar-refractivity contribution is -0.118. The second kappa shape index (κ2) is 8.21. The van der Waals surface area contributed by atoms with Gasteiger partial charge in [0.05, 0.1) is 18.3 Å². The molecule has 7 heteroatoms. The summed E-state index contributed by atoms with van der Waals surface area (Å²) in [5.41, 5.74) is 0.224. The van der Waals surface area contributed by atoms with Crippen LogP contribution in [0.2, 0.25) is 0 Å². The molecule has 1 heterocycles. The summed E-state index contributed by atoms with van der Waals surface area (Å²) < 4.78 is 29.1. The maximum absolute atomic E-state index is 12.4. The molecule has 0 spiro atoms. The van der Waals surface area contributed by atoms with Gasteiger partial charge in [-0.2, -0.15) is 8.78 Å². The Labute approximate surface area is 134 Å². The van der Waals surface area contributed by atoms with Crippen LogP contribution in [0.15, 0.2) is 24.3 Å². The minimum atomic E-state index is -2.94. The smallest absolute Gasteiger partial charge is 0.387 e. The van der Waals surface area contributed by atoms with Gasteiger partial charge in [0.25, 0.3) is 0 Å². The number of likely N-dealkylation sites (tertiary alicyclic amines) is 1. The highest BCUT2D eigenvalue weighted by Crippen LogP contribution is 2.25. The average Bonchev–Trinajstić information content (AvgIpc) is 2.49. The van der Waals surface area contributed by atoms with Crippen LogP contribution in [0.25, 0.3) is 0 Å². The lowest BCUT2D eigenvalue weighted by Gasteiger charge is -2.33. The number of aliphatic hydroxyl groups is 1. The molecular formula is C16H22F2N2O3. The third-order valence-electron chi connectivity index (χ3n) is 3.97. The molecule has 128 valence electrons. The van der Waals surface area contributed by atoms with E-state index in [2.05, 4.69) is 10.1 Å². The van der Waals surface area contributed by atoms with Crippen molar-refractivity contribution in [2.24, 2.45) is 5.92 Å². The SMILES string of the molecule is CC(O)C1CCCN(CC(=O)Nc2ccccc2OC(F)F)C1. The number of amides is 1. The van der Waals surface area contributed by atoms with E-state index in [9.17, 15) is 18.7 Å². The fourth-order valence-electron chi connectivity index (χ4n) is 2.79. The van der Waals surface area contributed by atoms with Crippen LogP contribution >= 0.6 is 0 Å². The van der Waals surface area contributed by atoms with Crippen LogP contribution in [0.1, 0.15) is 19.8 Å². The Balaban J connectivity index is 1.92. The third-order valence-corrected chi connectivity index (χ3v) is 3.97. The van der Waals surface area contributed by atoms with Crippen LogP contribution in [-0.4, -0.2) is 48.3 Å². The van der Waals surface area contributed by atoms with Crippen molar-refractivity contribution >= 4 is 11.6 Å². The molecule has 23 heavy (non-hydrogen) atoms. The molecule has 0 aliphatic carbocycles. The molecule has 2 atom stereocenters. The van der Waals surface area contributed by atoms with Crippen molar-refractivity contribution < 1.29 is 23.4 Å². The van der Waals surface area contributed by atoms with E-state index in [4.69, 9.17) is 0 Å². The van der Waals surface area contributed by atoms with Crippen molar-refractivity contribution in [3.8, 4) is 5.75 Å². The second-order valence-corrected chi connectivity index (χ2v) is 5.80. The molecule has 2 unspecified atom stereocenters. The number of hydrogen-bond donors (Lipinski definition) is 2. The molecule has 5 nitrogen and oxygen atoms in total. The highest BCUT2D eigenvalue weighted by atomic mass is 19.3. The number of carbonyl (C=O) groups is 1. The Morgan fingerprint density at radius 2 is 2.22 bits per heavy atom. The van der Waals surface area contributed by atoms with Crippen LogP contribution < -0.4 is 10.1 Å². The molecule has 0 saturated carbocycles. The van der Waals surface area contributed by atoms with Gasteiger partial charge in [-0.1, -0.05) is 12.1 Å². The van der Waals surface area contributed by atoms with Crippen LogP contribution in [-0.2, 0) is 4.79 Å². The summed E-state index contributed by atoms with van der Waals surface area (Å²) in [5.74, 6) is -0.191. The zero-order valence-corrected chi connectivity index (χ0v) is 13.0. The summed E-state index contributed by atoms with van der Waals surface area (Å²) in [6.45, 7) is 0.409. The number of rotatable bonds is 6. The zero-order chi connectivity index (χ0) is 16.8. The van der Waals surface area contributed by atoms with Crippen molar-refractivity contribution in [3.05, 3.63) is 24.3 Å². The molecule has 1 aromatic carbocycles. The Bertz CT molecular complexity index is 526. The maximum Gasteiger partial charge on any atom is 0.387 e. The first-order valence-corrected chi connectivity index (χ1v) is 7.70. The monoisotopic (exact) mass is 328 g/mol. The number of piperidine rings is 1. The van der Waals surface area contributed by atoms with E-state index in [1.807, 2.05) is 4.90 Å².